The van der Waals surface area contributed by atoms with E-state index < -0.39 is 17.5 Å². The number of carbonyl (C=O) groups excluding carboxylic acids is 2. The molecule has 0 fully saturated rings. The fourth-order valence-corrected chi connectivity index (χ4v) is 0.458. The van der Waals surface area contributed by atoms with Gasteiger partial charge in [-0.25, -0.2) is 4.79 Å². The summed E-state index contributed by atoms with van der Waals surface area (Å²) in [6.07, 6.45) is 1.34. The lowest BCUT2D eigenvalue weighted by Crippen LogP contribution is -2.24. The number of nitrogens with zero attached hydrogens (tertiary/aromatic N) is 1. The van der Waals surface area contributed by atoms with Crippen molar-refractivity contribution in [3.63, 3.8) is 0 Å². The summed E-state index contributed by atoms with van der Waals surface area (Å²) in [5.41, 5.74) is -0.614. The van der Waals surface area contributed by atoms with Crippen molar-refractivity contribution in [3.8, 4) is 0 Å². The van der Waals surface area contributed by atoms with Gasteiger partial charge >= 0.3 is 5.97 Å². The zero-order valence-corrected chi connectivity index (χ0v) is 6.61. The fraction of sp³-hybridized carbons (Fsp3) is 0.286. The Kier molecular flexibility index (Phi) is 4.36. The summed E-state index contributed by atoms with van der Waals surface area (Å²) in [6.45, 7) is 4.38. The van der Waals surface area contributed by atoms with E-state index in [-0.39, 0.29) is 6.61 Å². The lowest BCUT2D eigenvalue weighted by molar-refractivity contribution is -0.135. The molecule has 0 aliphatic heterocycles. The van der Waals surface area contributed by atoms with Crippen LogP contribution in [0.1, 0.15) is 6.92 Å². The Morgan fingerprint density at radius 2 is 2.25 bits per heavy atom. The molecule has 0 spiro atoms. The molecule has 0 saturated carbocycles. The minimum Gasteiger partial charge on any atom is -0.457 e. The quantitative estimate of drug-likeness (QED) is 0.163. The first-order valence-electron chi connectivity index (χ1n) is 3.14. The van der Waals surface area contributed by atoms with Crippen LogP contribution in [-0.4, -0.2) is 29.3 Å². The molecule has 1 N–H and O–H groups in total. The van der Waals surface area contributed by atoms with Crippen molar-refractivity contribution in [3.05, 3.63) is 12.7 Å². The van der Waals surface area contributed by atoms with Crippen LogP contribution in [0.3, 0.4) is 0 Å². The average molecular weight is 171 g/mol. The molecule has 0 atom stereocenters. The largest absolute Gasteiger partial charge is 0.457 e. The molecule has 0 aromatic carbocycles. The van der Waals surface area contributed by atoms with Crippen molar-refractivity contribution < 1.29 is 19.5 Å². The van der Waals surface area contributed by atoms with Crippen LogP contribution in [0, 0.1) is 0 Å². The predicted octanol–water partition coefficient (Wildman–Crippen LogP) is 0.135. The Balaban J connectivity index is 4.24. The van der Waals surface area contributed by atoms with Gasteiger partial charge in [-0.1, -0.05) is 17.8 Å². The maximum absolute atomic E-state index is 10.8. The molecule has 0 rings (SSSR count). The van der Waals surface area contributed by atoms with E-state index in [0.717, 1.165) is 6.92 Å². The van der Waals surface area contributed by atoms with Crippen molar-refractivity contribution in [1.82, 2.24) is 0 Å². The van der Waals surface area contributed by atoms with Crippen LogP contribution < -0.4 is 0 Å². The third-order valence-electron chi connectivity index (χ3n) is 0.959. The number of ether oxygens (including phenoxy) is 1. The number of hydrogen-bond acceptors (Lipinski definition) is 5. The van der Waals surface area contributed by atoms with Crippen molar-refractivity contribution in [2.24, 2.45) is 5.16 Å². The molecular formula is C7H9NO4. The van der Waals surface area contributed by atoms with E-state index in [0.29, 0.717) is 0 Å². The lowest BCUT2D eigenvalue weighted by Gasteiger charge is -1.99. The van der Waals surface area contributed by atoms with E-state index in [1.54, 1.807) is 0 Å². The summed E-state index contributed by atoms with van der Waals surface area (Å²) in [5, 5.41) is 10.7. The molecule has 0 saturated heterocycles. The van der Waals surface area contributed by atoms with E-state index in [2.05, 4.69) is 16.5 Å². The van der Waals surface area contributed by atoms with Crippen LogP contribution in [0.25, 0.3) is 0 Å². The number of esters is 1. The average Bonchev–Trinajstić information content (AvgIpc) is 2.01. The molecule has 0 radical (unpaired) electrons. The fourth-order valence-electron chi connectivity index (χ4n) is 0.458. The summed E-state index contributed by atoms with van der Waals surface area (Å²) in [4.78, 5) is 21.4. The van der Waals surface area contributed by atoms with Gasteiger partial charge in [0, 0.05) is 6.92 Å². The van der Waals surface area contributed by atoms with Gasteiger partial charge in [-0.05, 0) is 0 Å². The number of ketones is 1. The molecular weight excluding hydrogens is 162 g/mol. The minimum absolute atomic E-state index is 0.0227. The highest BCUT2D eigenvalue weighted by Gasteiger charge is 2.17. The van der Waals surface area contributed by atoms with Crippen LogP contribution >= 0.6 is 0 Å². The first-order valence-corrected chi connectivity index (χ1v) is 3.14. The number of carbonyl (C=O) groups is 2. The van der Waals surface area contributed by atoms with Crippen LogP contribution in [0.15, 0.2) is 17.8 Å². The summed E-state index contributed by atoms with van der Waals surface area (Å²) in [5.74, 6) is -1.60. The molecule has 12 heavy (non-hydrogen) atoms. The number of rotatable bonds is 4. The van der Waals surface area contributed by atoms with Gasteiger partial charge in [0.2, 0.25) is 5.71 Å². The first kappa shape index (κ1) is 10.3. The Morgan fingerprint density at radius 3 is 2.58 bits per heavy atom. The molecule has 66 valence electrons. The minimum atomic E-state index is -0.954. The Labute approximate surface area is 69.3 Å². The Hall–Kier alpha value is -1.65. The second-order valence-corrected chi connectivity index (χ2v) is 1.89. The van der Waals surface area contributed by atoms with Gasteiger partial charge in [-0.2, -0.15) is 0 Å². The van der Waals surface area contributed by atoms with Crippen LogP contribution in [-0.2, 0) is 14.3 Å². The second kappa shape index (κ2) is 5.06. The van der Waals surface area contributed by atoms with Gasteiger partial charge in [0.15, 0.2) is 5.78 Å². The van der Waals surface area contributed by atoms with Gasteiger partial charge < -0.3 is 9.94 Å². The molecule has 5 heteroatoms. The van der Waals surface area contributed by atoms with Crippen molar-refractivity contribution in [2.45, 2.75) is 6.92 Å². The first-order chi connectivity index (χ1) is 5.63. The Bertz CT molecular complexity index is 232. The molecule has 0 aliphatic rings. The van der Waals surface area contributed by atoms with Crippen LogP contribution in [0.5, 0.6) is 0 Å². The van der Waals surface area contributed by atoms with Gasteiger partial charge in [-0.15, -0.1) is 0 Å². The molecule has 0 bridgehead atoms. The van der Waals surface area contributed by atoms with Crippen molar-refractivity contribution in [2.75, 3.05) is 6.61 Å². The number of Topliss-reactive ketones (excluding diaryl/α,β-unsaturated/α-hetero) is 1. The summed E-state index contributed by atoms with van der Waals surface area (Å²) >= 11 is 0. The maximum atomic E-state index is 10.8. The highest BCUT2D eigenvalue weighted by molar-refractivity contribution is 6.63. The number of oxime groups is 1. The molecule has 0 aromatic rings. The second-order valence-electron chi connectivity index (χ2n) is 1.89. The van der Waals surface area contributed by atoms with Gasteiger partial charge in [0.05, 0.1) is 0 Å². The smallest absolute Gasteiger partial charge is 0.364 e. The molecule has 5 nitrogen and oxygen atoms in total. The van der Waals surface area contributed by atoms with E-state index in [4.69, 9.17) is 5.21 Å². The summed E-state index contributed by atoms with van der Waals surface area (Å²) in [7, 11) is 0. The lowest BCUT2D eigenvalue weighted by atomic mass is 10.3. The summed E-state index contributed by atoms with van der Waals surface area (Å²) < 4.78 is 4.44. The van der Waals surface area contributed by atoms with E-state index >= 15 is 0 Å². The van der Waals surface area contributed by atoms with E-state index in [1.807, 2.05) is 0 Å². The van der Waals surface area contributed by atoms with Crippen LogP contribution in [0.4, 0.5) is 0 Å². The topological polar surface area (TPSA) is 76.0 Å². The summed E-state index contributed by atoms with van der Waals surface area (Å²) in [6, 6.07) is 0. The third kappa shape index (κ3) is 2.96. The van der Waals surface area contributed by atoms with Crippen molar-refractivity contribution in [1.29, 1.82) is 0 Å². The van der Waals surface area contributed by atoms with Gasteiger partial charge in [-0.3, -0.25) is 4.79 Å². The molecule has 0 amide bonds. The molecule has 0 aliphatic carbocycles. The van der Waals surface area contributed by atoms with Crippen LogP contribution in [0.2, 0.25) is 0 Å². The highest BCUT2D eigenvalue weighted by atomic mass is 16.5. The highest BCUT2D eigenvalue weighted by Crippen LogP contribution is 1.86. The molecule has 0 aromatic heterocycles. The molecule has 0 heterocycles. The SMILES string of the molecule is C=CCOC(=O)/C(=N\O)C(C)=O. The van der Waals surface area contributed by atoms with Crippen molar-refractivity contribution >= 4 is 17.5 Å². The zero-order chi connectivity index (χ0) is 9.56. The van der Waals surface area contributed by atoms with E-state index in [1.165, 1.54) is 6.08 Å². The molecule has 0 unspecified atom stereocenters. The monoisotopic (exact) mass is 171 g/mol. The zero-order valence-electron chi connectivity index (χ0n) is 6.61. The van der Waals surface area contributed by atoms with Gasteiger partial charge in [0.1, 0.15) is 6.61 Å². The standard InChI is InChI=1S/C7H9NO4/c1-3-4-12-7(10)6(8-11)5(2)9/h3,11H,1,4H2,2H3/b8-6-. The maximum Gasteiger partial charge on any atom is 0.364 e. The third-order valence-corrected chi connectivity index (χ3v) is 0.959. The predicted molar refractivity (Wildman–Crippen MR) is 41.1 cm³/mol. The van der Waals surface area contributed by atoms with Gasteiger partial charge in [0.25, 0.3) is 0 Å². The van der Waals surface area contributed by atoms with E-state index in [9.17, 15) is 9.59 Å². The number of hydrogen-bond donors (Lipinski definition) is 1. The Morgan fingerprint density at radius 1 is 1.67 bits per heavy atom. The normalized spacial score (nSPS) is 10.6.